The summed E-state index contributed by atoms with van der Waals surface area (Å²) in [6.45, 7) is 2.25. The molecule has 0 aromatic heterocycles. The summed E-state index contributed by atoms with van der Waals surface area (Å²) < 4.78 is 10.9. The molecule has 1 fully saturated rings. The predicted molar refractivity (Wildman–Crippen MR) is 82.9 cm³/mol. The third kappa shape index (κ3) is 8.62. The van der Waals surface area contributed by atoms with Crippen molar-refractivity contribution >= 4 is 5.97 Å². The lowest BCUT2D eigenvalue weighted by molar-refractivity contribution is -0.261. The number of rotatable bonds is 11. The van der Waals surface area contributed by atoms with Crippen LogP contribution in [0.25, 0.3) is 0 Å². The van der Waals surface area contributed by atoms with Gasteiger partial charge in [-0.2, -0.15) is 0 Å². The second-order valence-electron chi connectivity index (χ2n) is 6.26. The van der Waals surface area contributed by atoms with Crippen molar-refractivity contribution < 1.29 is 34.7 Å². The summed E-state index contributed by atoms with van der Waals surface area (Å²) >= 11 is 0. The van der Waals surface area contributed by atoms with Crippen molar-refractivity contribution in [2.24, 2.45) is 0 Å². The molecule has 7 nitrogen and oxygen atoms in total. The van der Waals surface area contributed by atoms with Crippen LogP contribution in [0.4, 0.5) is 0 Å². The first kappa shape index (κ1) is 20.3. The average Bonchev–Trinajstić information content (AvgIpc) is 2.46. The van der Waals surface area contributed by atoms with Gasteiger partial charge in [-0.3, -0.25) is 4.79 Å². The van der Waals surface area contributed by atoms with E-state index in [9.17, 15) is 20.1 Å². The Balaban J connectivity index is 1.96. The van der Waals surface area contributed by atoms with Gasteiger partial charge in [-0.25, -0.2) is 0 Å². The number of hydrogen-bond donors (Lipinski definition) is 4. The lowest BCUT2D eigenvalue weighted by atomic mass is 10.0. The van der Waals surface area contributed by atoms with Crippen molar-refractivity contribution in [1.82, 2.24) is 0 Å². The molecule has 4 N–H and O–H groups in total. The van der Waals surface area contributed by atoms with Gasteiger partial charge < -0.3 is 29.9 Å². The first-order chi connectivity index (χ1) is 10.9. The highest BCUT2D eigenvalue weighted by Gasteiger charge is 2.34. The molecule has 136 valence electrons. The molecule has 0 spiro atoms. The maximum absolute atomic E-state index is 10.4. The summed E-state index contributed by atoms with van der Waals surface area (Å²) in [4.78, 5) is 10.4. The van der Waals surface area contributed by atoms with E-state index in [4.69, 9.17) is 14.6 Å². The minimum absolute atomic E-state index is 0.190. The summed E-state index contributed by atoms with van der Waals surface area (Å²) in [6, 6.07) is 0. The number of carboxylic acids is 1. The summed E-state index contributed by atoms with van der Waals surface area (Å²) in [7, 11) is 0. The number of aliphatic hydroxyl groups is 3. The zero-order valence-electron chi connectivity index (χ0n) is 13.8. The van der Waals surface area contributed by atoms with Crippen molar-refractivity contribution in [3.05, 3.63) is 0 Å². The van der Waals surface area contributed by atoms with Crippen LogP contribution < -0.4 is 0 Å². The molecule has 0 aliphatic carbocycles. The van der Waals surface area contributed by atoms with Crippen LogP contribution in [0.5, 0.6) is 0 Å². The Morgan fingerprint density at radius 2 is 1.83 bits per heavy atom. The fourth-order valence-corrected chi connectivity index (χ4v) is 2.61. The predicted octanol–water partition coefficient (Wildman–Crippen LogP) is 1.04. The highest BCUT2D eigenvalue weighted by atomic mass is 16.7. The zero-order chi connectivity index (χ0) is 17.2. The van der Waals surface area contributed by atoms with Crippen LogP contribution in [0.2, 0.25) is 0 Å². The van der Waals surface area contributed by atoms with Gasteiger partial charge in [0.05, 0.1) is 24.7 Å². The summed E-state index contributed by atoms with van der Waals surface area (Å²) in [5, 5.41) is 37.3. The Hall–Kier alpha value is -0.730. The van der Waals surface area contributed by atoms with Gasteiger partial charge in [0.15, 0.2) is 6.29 Å². The van der Waals surface area contributed by atoms with E-state index in [0.29, 0.717) is 13.0 Å². The first-order valence-electron chi connectivity index (χ1n) is 8.43. The highest BCUT2D eigenvalue weighted by Crippen LogP contribution is 2.21. The van der Waals surface area contributed by atoms with Gasteiger partial charge >= 0.3 is 5.97 Å². The van der Waals surface area contributed by atoms with Crippen LogP contribution in [0.3, 0.4) is 0 Å². The van der Waals surface area contributed by atoms with Crippen LogP contribution in [0, 0.1) is 0 Å². The Labute approximate surface area is 137 Å². The van der Waals surface area contributed by atoms with E-state index in [1.54, 1.807) is 6.92 Å². The molecular formula is C16H30O7. The maximum Gasteiger partial charge on any atom is 0.305 e. The van der Waals surface area contributed by atoms with Crippen LogP contribution in [-0.4, -0.2) is 63.7 Å². The monoisotopic (exact) mass is 334 g/mol. The van der Waals surface area contributed by atoms with Crippen LogP contribution in [0.15, 0.2) is 0 Å². The second-order valence-corrected chi connectivity index (χ2v) is 6.26. The largest absolute Gasteiger partial charge is 0.481 e. The number of carbonyl (C=O) groups is 1. The van der Waals surface area contributed by atoms with Gasteiger partial charge in [0.1, 0.15) is 6.10 Å². The molecule has 3 unspecified atom stereocenters. The molecule has 0 amide bonds. The Morgan fingerprint density at radius 3 is 2.52 bits per heavy atom. The van der Waals surface area contributed by atoms with Gasteiger partial charge in [-0.1, -0.05) is 25.7 Å². The van der Waals surface area contributed by atoms with Gasteiger partial charge in [-0.15, -0.1) is 0 Å². The molecule has 5 atom stereocenters. The van der Waals surface area contributed by atoms with Crippen molar-refractivity contribution in [2.75, 3.05) is 6.61 Å². The molecular weight excluding hydrogens is 304 g/mol. The highest BCUT2D eigenvalue weighted by molar-refractivity contribution is 5.67. The summed E-state index contributed by atoms with van der Waals surface area (Å²) in [6.07, 6.45) is 1.97. The molecule has 0 saturated carbocycles. The quantitative estimate of drug-likeness (QED) is 0.417. The minimum Gasteiger partial charge on any atom is -0.481 e. The number of aliphatic carboxylic acids is 1. The van der Waals surface area contributed by atoms with Crippen molar-refractivity contribution in [3.63, 3.8) is 0 Å². The van der Waals surface area contributed by atoms with Crippen molar-refractivity contribution in [3.8, 4) is 0 Å². The van der Waals surface area contributed by atoms with E-state index < -0.39 is 30.6 Å². The minimum atomic E-state index is -0.969. The Kier molecular flexibility index (Phi) is 9.66. The van der Waals surface area contributed by atoms with Crippen molar-refractivity contribution in [1.29, 1.82) is 0 Å². The lowest BCUT2D eigenvalue weighted by Crippen LogP contribution is -2.47. The molecule has 1 saturated heterocycles. The third-order valence-electron chi connectivity index (χ3n) is 4.06. The topological polar surface area (TPSA) is 116 Å². The molecule has 1 aliphatic heterocycles. The van der Waals surface area contributed by atoms with E-state index >= 15 is 0 Å². The normalized spacial score (nSPS) is 29.4. The van der Waals surface area contributed by atoms with Gasteiger partial charge in [-0.05, 0) is 19.8 Å². The van der Waals surface area contributed by atoms with Gasteiger partial charge in [0, 0.05) is 13.0 Å². The van der Waals surface area contributed by atoms with E-state index in [0.717, 1.165) is 32.1 Å². The Morgan fingerprint density at radius 1 is 1.17 bits per heavy atom. The van der Waals surface area contributed by atoms with E-state index in [2.05, 4.69) is 0 Å². The number of ether oxygens (including phenoxy) is 2. The van der Waals surface area contributed by atoms with Crippen LogP contribution in [0.1, 0.15) is 58.3 Å². The molecule has 0 aromatic rings. The van der Waals surface area contributed by atoms with E-state index in [-0.39, 0.29) is 18.9 Å². The number of carboxylic acid groups (broad SMARTS) is 1. The fourth-order valence-electron chi connectivity index (χ4n) is 2.61. The number of aliphatic hydroxyl groups excluding tert-OH is 3. The molecule has 0 radical (unpaired) electrons. The summed E-state index contributed by atoms with van der Waals surface area (Å²) in [5.74, 6) is -0.969. The molecule has 0 bridgehead atoms. The maximum atomic E-state index is 10.4. The third-order valence-corrected chi connectivity index (χ3v) is 4.06. The zero-order valence-corrected chi connectivity index (χ0v) is 13.8. The smallest absolute Gasteiger partial charge is 0.305 e. The van der Waals surface area contributed by atoms with E-state index in [1.165, 1.54) is 0 Å². The molecule has 23 heavy (non-hydrogen) atoms. The molecule has 0 aromatic carbocycles. The first-order valence-corrected chi connectivity index (χ1v) is 8.43. The lowest BCUT2D eigenvalue weighted by Gasteiger charge is -2.35. The summed E-state index contributed by atoms with van der Waals surface area (Å²) in [5.41, 5.74) is 0. The fraction of sp³-hybridized carbons (Fsp3) is 0.938. The van der Waals surface area contributed by atoms with Gasteiger partial charge in [0.2, 0.25) is 0 Å². The molecule has 1 rings (SSSR count). The van der Waals surface area contributed by atoms with Gasteiger partial charge in [0.25, 0.3) is 0 Å². The van der Waals surface area contributed by atoms with Crippen molar-refractivity contribution in [2.45, 2.75) is 89.0 Å². The number of unbranched alkanes of at least 4 members (excludes halogenated alkanes) is 4. The second kappa shape index (κ2) is 10.9. The van der Waals surface area contributed by atoms with E-state index in [1.807, 2.05) is 0 Å². The number of hydrogen-bond acceptors (Lipinski definition) is 6. The van der Waals surface area contributed by atoms with Crippen LogP contribution >= 0.6 is 0 Å². The SMILES string of the molecule is CC1OC(OCCCCCCCC(O)CC(=O)O)[C@@H](O)C[C@H]1O. The molecule has 1 heterocycles. The van der Waals surface area contributed by atoms with Crippen LogP contribution in [-0.2, 0) is 14.3 Å². The molecule has 1 aliphatic rings. The average molecular weight is 334 g/mol. The standard InChI is InChI=1S/C16H30O7/c1-11-13(18)10-14(19)16(23-11)22-8-6-4-2-3-5-7-12(17)9-15(20)21/h11-14,16-19H,2-10H2,1H3,(H,20,21)/t11?,12?,13-,14+,16?/m1/s1. The Bertz CT molecular complexity index is 336. The molecule has 7 heteroatoms.